The maximum Gasteiger partial charge on any atom is 0.418 e. The molecule has 0 radical (unpaired) electrons. The van der Waals surface area contributed by atoms with Gasteiger partial charge in [0.05, 0.1) is 5.56 Å². The molecule has 1 unspecified atom stereocenters. The molecule has 3 heterocycles. The number of benzene rings is 1. The number of alkyl halides is 3. The number of anilines is 2. The highest BCUT2D eigenvalue weighted by Gasteiger charge is 2.38. The second kappa shape index (κ2) is 4.55. The van der Waals surface area contributed by atoms with E-state index in [1.165, 1.54) is 6.07 Å². The lowest BCUT2D eigenvalue weighted by atomic mass is 9.74. The fraction of sp³-hybridized carbons (Fsp3) is 0.571. The molecule has 3 aliphatic rings. The van der Waals surface area contributed by atoms with Crippen LogP contribution in [-0.2, 0) is 6.18 Å². The van der Waals surface area contributed by atoms with Gasteiger partial charge < -0.3 is 16.4 Å². The van der Waals surface area contributed by atoms with Gasteiger partial charge >= 0.3 is 6.18 Å². The number of nitrogens with zero attached hydrogens (tertiary/aromatic N) is 1. The van der Waals surface area contributed by atoms with Crippen LogP contribution in [0.5, 0.6) is 0 Å². The first-order valence-corrected chi connectivity index (χ1v) is 6.84. The zero-order valence-electron chi connectivity index (χ0n) is 11.1. The smallest absolute Gasteiger partial charge is 0.398 e. The second-order valence-electron chi connectivity index (χ2n) is 5.81. The van der Waals surface area contributed by atoms with Crippen LogP contribution in [-0.4, -0.2) is 24.5 Å². The Morgan fingerprint density at radius 3 is 2.20 bits per heavy atom. The van der Waals surface area contributed by atoms with Crippen molar-refractivity contribution in [3.05, 3.63) is 23.3 Å². The van der Waals surface area contributed by atoms with Crippen LogP contribution in [0.1, 0.15) is 29.9 Å². The number of nitrogen functional groups attached to an aromatic ring is 2. The van der Waals surface area contributed by atoms with Crippen LogP contribution in [0, 0.1) is 5.92 Å². The molecule has 110 valence electrons. The van der Waals surface area contributed by atoms with Crippen LogP contribution in [0.4, 0.5) is 24.5 Å². The van der Waals surface area contributed by atoms with Crippen LogP contribution in [0.2, 0.25) is 0 Å². The summed E-state index contributed by atoms with van der Waals surface area (Å²) in [5.41, 5.74) is 11.3. The molecule has 0 aliphatic carbocycles. The molecule has 6 heteroatoms. The third kappa shape index (κ3) is 2.22. The van der Waals surface area contributed by atoms with Gasteiger partial charge in [-0.25, -0.2) is 0 Å². The Morgan fingerprint density at radius 1 is 1.05 bits per heavy atom. The summed E-state index contributed by atoms with van der Waals surface area (Å²) in [6, 6.07) is 2.42. The summed E-state index contributed by atoms with van der Waals surface area (Å²) in [7, 11) is 0. The molecule has 0 aromatic heterocycles. The Kier molecular flexibility index (Phi) is 3.08. The lowest BCUT2D eigenvalue weighted by Crippen LogP contribution is -2.46. The van der Waals surface area contributed by atoms with Crippen molar-refractivity contribution in [2.75, 3.05) is 31.1 Å². The predicted octanol–water partition coefficient (Wildman–Crippen LogP) is 2.68. The number of fused-ring (bicyclic) bond motifs is 3. The zero-order valence-corrected chi connectivity index (χ0v) is 11.1. The van der Waals surface area contributed by atoms with E-state index in [1.807, 2.05) is 0 Å². The van der Waals surface area contributed by atoms with E-state index in [0.29, 0.717) is 17.2 Å². The van der Waals surface area contributed by atoms with Gasteiger partial charge in [-0.1, -0.05) is 0 Å². The molecular weight excluding hydrogens is 267 g/mol. The van der Waals surface area contributed by atoms with Crippen molar-refractivity contribution >= 4 is 11.4 Å². The Hall–Kier alpha value is -1.43. The predicted molar refractivity (Wildman–Crippen MR) is 72.2 cm³/mol. The first kappa shape index (κ1) is 13.5. The maximum absolute atomic E-state index is 13.0. The minimum absolute atomic E-state index is 0.0965. The van der Waals surface area contributed by atoms with Gasteiger partial charge in [0.2, 0.25) is 0 Å². The van der Waals surface area contributed by atoms with Gasteiger partial charge in [0, 0.05) is 23.8 Å². The molecule has 4 rings (SSSR count). The molecule has 20 heavy (non-hydrogen) atoms. The summed E-state index contributed by atoms with van der Waals surface area (Å²) in [4.78, 5) is 2.30. The van der Waals surface area contributed by atoms with Crippen molar-refractivity contribution < 1.29 is 13.2 Å². The largest absolute Gasteiger partial charge is 0.418 e. The molecule has 1 atom stereocenters. The highest BCUT2D eigenvalue weighted by molar-refractivity contribution is 5.63. The van der Waals surface area contributed by atoms with Crippen molar-refractivity contribution in [1.82, 2.24) is 4.90 Å². The van der Waals surface area contributed by atoms with Crippen LogP contribution < -0.4 is 11.5 Å². The van der Waals surface area contributed by atoms with E-state index < -0.39 is 11.7 Å². The Morgan fingerprint density at radius 2 is 1.70 bits per heavy atom. The summed E-state index contributed by atoms with van der Waals surface area (Å²) >= 11 is 0. The zero-order chi connectivity index (χ0) is 14.5. The number of piperidine rings is 3. The van der Waals surface area contributed by atoms with E-state index in [2.05, 4.69) is 4.90 Å². The number of rotatable bonds is 1. The van der Waals surface area contributed by atoms with Crippen molar-refractivity contribution in [2.24, 2.45) is 5.92 Å². The molecule has 0 saturated carbocycles. The van der Waals surface area contributed by atoms with E-state index in [9.17, 15) is 13.2 Å². The molecule has 0 amide bonds. The molecule has 2 bridgehead atoms. The highest BCUT2D eigenvalue weighted by atomic mass is 19.4. The molecule has 3 aliphatic heterocycles. The molecule has 3 nitrogen and oxygen atoms in total. The molecule has 4 N–H and O–H groups in total. The first-order valence-electron chi connectivity index (χ1n) is 6.84. The fourth-order valence-electron chi connectivity index (χ4n) is 3.53. The van der Waals surface area contributed by atoms with Gasteiger partial charge in [-0.3, -0.25) is 0 Å². The summed E-state index contributed by atoms with van der Waals surface area (Å²) in [5.74, 6) is 0.534. The lowest BCUT2D eigenvalue weighted by Gasteiger charge is -2.45. The summed E-state index contributed by atoms with van der Waals surface area (Å²) in [5, 5.41) is 0. The summed E-state index contributed by atoms with van der Waals surface area (Å²) in [6.45, 7) is 2.89. The van der Waals surface area contributed by atoms with Crippen LogP contribution in [0.15, 0.2) is 12.1 Å². The molecule has 3 saturated heterocycles. The molecule has 1 aromatic rings. The van der Waals surface area contributed by atoms with Gasteiger partial charge in [0.25, 0.3) is 0 Å². The average Bonchev–Trinajstić information content (AvgIpc) is 2.38. The molecule has 0 spiro atoms. The van der Waals surface area contributed by atoms with Crippen LogP contribution in [0.25, 0.3) is 0 Å². The highest BCUT2D eigenvalue weighted by Crippen LogP contribution is 2.44. The molecule has 3 fully saturated rings. The van der Waals surface area contributed by atoms with Crippen molar-refractivity contribution in [3.63, 3.8) is 0 Å². The maximum atomic E-state index is 13.0. The van der Waals surface area contributed by atoms with Crippen molar-refractivity contribution in [2.45, 2.75) is 24.9 Å². The van der Waals surface area contributed by atoms with Crippen molar-refractivity contribution in [1.29, 1.82) is 0 Å². The molecule has 1 aromatic carbocycles. The van der Waals surface area contributed by atoms with Crippen LogP contribution in [0.3, 0.4) is 0 Å². The third-order valence-corrected chi connectivity index (χ3v) is 4.62. The van der Waals surface area contributed by atoms with Gasteiger partial charge in [0.15, 0.2) is 0 Å². The van der Waals surface area contributed by atoms with E-state index in [4.69, 9.17) is 11.5 Å². The Balaban J connectivity index is 2.01. The van der Waals surface area contributed by atoms with E-state index >= 15 is 0 Å². The SMILES string of the molecule is Nc1cc(N)c(C(F)(F)F)cc1C1CN2CCC1CC2. The number of nitrogens with two attached hydrogens (primary N) is 2. The summed E-state index contributed by atoms with van der Waals surface area (Å²) in [6.07, 6.45) is -2.35. The Labute approximate surface area is 115 Å². The number of halogens is 3. The standard InChI is InChI=1S/C14H18F3N3/c15-14(16,17)11-5-9(12(18)6-13(11)19)10-7-20-3-1-8(10)2-4-20/h5-6,8,10H,1-4,7,18-19H2. The van der Waals surface area contributed by atoms with Crippen LogP contribution >= 0.6 is 0 Å². The second-order valence-corrected chi connectivity index (χ2v) is 5.81. The third-order valence-electron chi connectivity index (χ3n) is 4.62. The lowest BCUT2D eigenvalue weighted by molar-refractivity contribution is -0.137. The minimum atomic E-state index is -4.43. The Bertz CT molecular complexity index is 519. The summed E-state index contributed by atoms with van der Waals surface area (Å²) < 4.78 is 39.0. The monoisotopic (exact) mass is 285 g/mol. The fourth-order valence-corrected chi connectivity index (χ4v) is 3.53. The average molecular weight is 285 g/mol. The first-order chi connectivity index (χ1) is 9.36. The van der Waals surface area contributed by atoms with Crippen molar-refractivity contribution in [3.8, 4) is 0 Å². The van der Waals surface area contributed by atoms with Gasteiger partial charge in [-0.15, -0.1) is 0 Å². The van der Waals surface area contributed by atoms with Gasteiger partial charge in [0.1, 0.15) is 0 Å². The van der Waals surface area contributed by atoms with E-state index in [0.717, 1.165) is 38.5 Å². The normalized spacial score (nSPS) is 29.6. The van der Waals surface area contributed by atoms with Gasteiger partial charge in [-0.2, -0.15) is 13.2 Å². The van der Waals surface area contributed by atoms with E-state index in [1.54, 1.807) is 0 Å². The number of hydrogen-bond donors (Lipinski definition) is 2. The minimum Gasteiger partial charge on any atom is -0.398 e. The quantitative estimate of drug-likeness (QED) is 0.780. The van der Waals surface area contributed by atoms with Gasteiger partial charge in [-0.05, 0) is 49.5 Å². The molecular formula is C14H18F3N3. The van der Waals surface area contributed by atoms with E-state index in [-0.39, 0.29) is 11.6 Å². The topological polar surface area (TPSA) is 55.3 Å². The number of hydrogen-bond acceptors (Lipinski definition) is 3.